The third kappa shape index (κ3) is 3.31. The zero-order valence-electron chi connectivity index (χ0n) is 10.7. The van der Waals surface area contributed by atoms with Crippen LogP contribution in [0.1, 0.15) is 6.42 Å². The quantitative estimate of drug-likeness (QED) is 0.577. The number of carbonyl (C=O) groups excluding carboxylic acids is 1. The molecule has 0 spiro atoms. The molecule has 0 saturated carbocycles. The smallest absolute Gasteiger partial charge is 0.207 e. The van der Waals surface area contributed by atoms with Crippen LogP contribution in [0.4, 0.5) is 5.82 Å². The standard InChI is InChI=1S/C13H16N4O2/c1-19-10-3-4-12-11(7-10)13(17-8-16-12)15-6-2-5-14-9-18/h3-4,7-9H,2,5-6H2,1H3,(H,14,18)(H,15,16,17). The number of benzene rings is 1. The summed E-state index contributed by atoms with van der Waals surface area (Å²) in [7, 11) is 1.63. The maximum absolute atomic E-state index is 10.1. The monoisotopic (exact) mass is 260 g/mol. The summed E-state index contributed by atoms with van der Waals surface area (Å²) < 4.78 is 5.20. The molecule has 2 N–H and O–H groups in total. The van der Waals surface area contributed by atoms with Crippen LogP contribution in [0.15, 0.2) is 24.5 Å². The van der Waals surface area contributed by atoms with Crippen LogP contribution in [0, 0.1) is 0 Å². The molecule has 0 aliphatic heterocycles. The molecule has 0 radical (unpaired) electrons. The molecule has 0 unspecified atom stereocenters. The van der Waals surface area contributed by atoms with E-state index in [1.54, 1.807) is 7.11 Å². The van der Waals surface area contributed by atoms with Gasteiger partial charge in [0.25, 0.3) is 0 Å². The molecule has 6 nitrogen and oxygen atoms in total. The maximum Gasteiger partial charge on any atom is 0.207 e. The van der Waals surface area contributed by atoms with Crippen molar-refractivity contribution in [3.05, 3.63) is 24.5 Å². The number of hydrogen-bond donors (Lipinski definition) is 2. The molecular formula is C13H16N4O2. The molecule has 19 heavy (non-hydrogen) atoms. The van der Waals surface area contributed by atoms with Crippen molar-refractivity contribution in [2.45, 2.75) is 6.42 Å². The number of fused-ring (bicyclic) bond motifs is 1. The Hall–Kier alpha value is -2.37. The number of amides is 1. The highest BCUT2D eigenvalue weighted by atomic mass is 16.5. The summed E-state index contributed by atoms with van der Waals surface area (Å²) in [6.07, 6.45) is 3.06. The summed E-state index contributed by atoms with van der Waals surface area (Å²) in [5, 5.41) is 6.77. The topological polar surface area (TPSA) is 76.1 Å². The van der Waals surface area contributed by atoms with E-state index >= 15 is 0 Å². The third-order valence-corrected chi connectivity index (χ3v) is 2.72. The van der Waals surface area contributed by atoms with Gasteiger partial charge in [0.05, 0.1) is 12.6 Å². The van der Waals surface area contributed by atoms with E-state index in [9.17, 15) is 4.79 Å². The molecule has 0 aliphatic rings. The first kappa shape index (κ1) is 13.1. The number of hydrogen-bond acceptors (Lipinski definition) is 5. The van der Waals surface area contributed by atoms with Crippen molar-refractivity contribution in [1.82, 2.24) is 15.3 Å². The first-order valence-corrected chi connectivity index (χ1v) is 6.05. The van der Waals surface area contributed by atoms with Crippen molar-refractivity contribution in [2.75, 3.05) is 25.5 Å². The molecule has 2 rings (SSSR count). The molecule has 0 aliphatic carbocycles. The highest BCUT2D eigenvalue weighted by molar-refractivity contribution is 5.89. The zero-order valence-corrected chi connectivity index (χ0v) is 10.7. The average Bonchev–Trinajstić information content (AvgIpc) is 2.46. The Morgan fingerprint density at radius 1 is 1.32 bits per heavy atom. The van der Waals surface area contributed by atoms with E-state index in [2.05, 4.69) is 20.6 Å². The van der Waals surface area contributed by atoms with Gasteiger partial charge >= 0.3 is 0 Å². The minimum absolute atomic E-state index is 0.642. The Kier molecular flexibility index (Phi) is 4.49. The van der Waals surface area contributed by atoms with Gasteiger partial charge in [-0.1, -0.05) is 0 Å². The van der Waals surface area contributed by atoms with Gasteiger partial charge in [-0.25, -0.2) is 9.97 Å². The van der Waals surface area contributed by atoms with E-state index in [0.717, 1.165) is 35.4 Å². The second kappa shape index (κ2) is 6.53. The molecule has 0 atom stereocenters. The SMILES string of the molecule is COc1ccc2ncnc(NCCCNC=O)c2c1. The molecule has 2 aromatic rings. The minimum Gasteiger partial charge on any atom is -0.497 e. The van der Waals surface area contributed by atoms with Gasteiger partial charge < -0.3 is 15.4 Å². The molecule has 0 saturated heterocycles. The Morgan fingerprint density at radius 2 is 2.21 bits per heavy atom. The van der Waals surface area contributed by atoms with Crippen LogP contribution in [-0.2, 0) is 4.79 Å². The highest BCUT2D eigenvalue weighted by Gasteiger charge is 2.04. The van der Waals surface area contributed by atoms with Crippen molar-refractivity contribution in [3.8, 4) is 5.75 Å². The molecule has 100 valence electrons. The Labute approximate surface area is 111 Å². The molecule has 1 aromatic carbocycles. The largest absolute Gasteiger partial charge is 0.497 e. The summed E-state index contributed by atoms with van der Waals surface area (Å²) in [5.74, 6) is 1.54. The van der Waals surface area contributed by atoms with E-state index < -0.39 is 0 Å². The van der Waals surface area contributed by atoms with E-state index in [4.69, 9.17) is 4.74 Å². The van der Waals surface area contributed by atoms with Gasteiger partial charge in [-0.05, 0) is 24.6 Å². The van der Waals surface area contributed by atoms with Gasteiger partial charge in [-0.2, -0.15) is 0 Å². The van der Waals surface area contributed by atoms with Crippen molar-refractivity contribution >= 4 is 23.1 Å². The Bertz CT molecular complexity index is 559. The van der Waals surface area contributed by atoms with Crippen LogP contribution < -0.4 is 15.4 Å². The summed E-state index contributed by atoms with van der Waals surface area (Å²) in [4.78, 5) is 18.6. The summed E-state index contributed by atoms with van der Waals surface area (Å²) in [6.45, 7) is 1.37. The summed E-state index contributed by atoms with van der Waals surface area (Å²) in [5.41, 5.74) is 0.865. The van der Waals surface area contributed by atoms with Gasteiger partial charge in [0.1, 0.15) is 17.9 Å². The molecule has 1 amide bonds. The second-order valence-corrected chi connectivity index (χ2v) is 3.96. The van der Waals surface area contributed by atoms with Crippen LogP contribution in [-0.4, -0.2) is 36.6 Å². The predicted octanol–water partition coefficient (Wildman–Crippen LogP) is 1.19. The van der Waals surface area contributed by atoms with E-state index in [1.165, 1.54) is 6.33 Å². The average molecular weight is 260 g/mol. The van der Waals surface area contributed by atoms with E-state index in [0.29, 0.717) is 13.0 Å². The number of carbonyl (C=O) groups is 1. The van der Waals surface area contributed by atoms with Crippen molar-refractivity contribution in [2.24, 2.45) is 0 Å². The number of nitrogens with zero attached hydrogens (tertiary/aromatic N) is 2. The molecule has 1 heterocycles. The van der Waals surface area contributed by atoms with Crippen LogP contribution in [0.3, 0.4) is 0 Å². The van der Waals surface area contributed by atoms with Gasteiger partial charge in [-0.3, -0.25) is 4.79 Å². The second-order valence-electron chi connectivity index (χ2n) is 3.96. The van der Waals surface area contributed by atoms with Gasteiger partial charge in [-0.15, -0.1) is 0 Å². The molecule has 1 aromatic heterocycles. The van der Waals surface area contributed by atoms with Gasteiger partial charge in [0, 0.05) is 18.5 Å². The lowest BCUT2D eigenvalue weighted by molar-refractivity contribution is -0.109. The van der Waals surface area contributed by atoms with E-state index in [-0.39, 0.29) is 0 Å². The lowest BCUT2D eigenvalue weighted by atomic mass is 10.2. The zero-order chi connectivity index (χ0) is 13.5. The van der Waals surface area contributed by atoms with Crippen molar-refractivity contribution in [1.29, 1.82) is 0 Å². The lowest BCUT2D eigenvalue weighted by Crippen LogP contribution is -2.16. The maximum atomic E-state index is 10.1. The number of anilines is 1. The minimum atomic E-state index is 0.642. The van der Waals surface area contributed by atoms with Gasteiger partial charge in [0.2, 0.25) is 6.41 Å². The fourth-order valence-corrected chi connectivity index (χ4v) is 1.76. The van der Waals surface area contributed by atoms with Crippen LogP contribution in [0.5, 0.6) is 5.75 Å². The number of rotatable bonds is 7. The fourth-order valence-electron chi connectivity index (χ4n) is 1.76. The predicted molar refractivity (Wildman–Crippen MR) is 73.3 cm³/mol. The van der Waals surface area contributed by atoms with Crippen molar-refractivity contribution < 1.29 is 9.53 Å². The third-order valence-electron chi connectivity index (χ3n) is 2.72. The lowest BCUT2D eigenvalue weighted by Gasteiger charge is -2.09. The van der Waals surface area contributed by atoms with Crippen molar-refractivity contribution in [3.63, 3.8) is 0 Å². The number of aromatic nitrogens is 2. The number of methoxy groups -OCH3 is 1. The molecule has 6 heteroatoms. The molecule has 0 fully saturated rings. The Morgan fingerprint density at radius 3 is 3.00 bits per heavy atom. The van der Waals surface area contributed by atoms with Crippen LogP contribution in [0.2, 0.25) is 0 Å². The molecular weight excluding hydrogens is 244 g/mol. The fraction of sp³-hybridized carbons (Fsp3) is 0.308. The number of nitrogens with one attached hydrogen (secondary N) is 2. The summed E-state index contributed by atoms with van der Waals surface area (Å²) in [6, 6.07) is 5.67. The first-order chi connectivity index (χ1) is 9.35. The van der Waals surface area contributed by atoms with E-state index in [1.807, 2.05) is 18.2 Å². The van der Waals surface area contributed by atoms with Crippen LogP contribution in [0.25, 0.3) is 10.9 Å². The normalized spacial score (nSPS) is 10.2. The van der Waals surface area contributed by atoms with Gasteiger partial charge in [0.15, 0.2) is 0 Å². The molecule has 0 bridgehead atoms. The van der Waals surface area contributed by atoms with Crippen LogP contribution >= 0.6 is 0 Å². The summed E-state index contributed by atoms with van der Waals surface area (Å²) >= 11 is 0. The Balaban J connectivity index is 2.10. The number of ether oxygens (including phenoxy) is 1. The first-order valence-electron chi connectivity index (χ1n) is 6.05. The highest BCUT2D eigenvalue weighted by Crippen LogP contribution is 2.23.